The average Bonchev–Trinajstić information content (AvgIpc) is 3.33. The maximum Gasteiger partial charge on any atom is 0.236 e. The van der Waals surface area contributed by atoms with E-state index in [0.717, 1.165) is 31.5 Å². The van der Waals surface area contributed by atoms with Crippen molar-refractivity contribution in [2.45, 2.75) is 11.3 Å². The molecular weight excluding hydrogens is 424 g/mol. The van der Waals surface area contributed by atoms with E-state index in [1.165, 1.54) is 30.0 Å². The molecule has 0 aliphatic heterocycles. The Kier molecular flexibility index (Phi) is 5.89. The summed E-state index contributed by atoms with van der Waals surface area (Å²) in [6, 6.07) is 15.3. The molecule has 29 heavy (non-hydrogen) atoms. The van der Waals surface area contributed by atoms with Crippen molar-refractivity contribution in [3.8, 4) is 11.3 Å². The van der Waals surface area contributed by atoms with E-state index in [4.69, 9.17) is 0 Å². The Morgan fingerprint density at radius 3 is 2.59 bits per heavy atom. The molecule has 4 aromatic rings. The van der Waals surface area contributed by atoms with Crippen LogP contribution in [0.5, 0.6) is 0 Å². The molecular formula is C20H16N4O2S3. The van der Waals surface area contributed by atoms with Crippen molar-refractivity contribution in [2.24, 2.45) is 0 Å². The maximum atomic E-state index is 12.3. The lowest BCUT2D eigenvalue weighted by Crippen LogP contribution is -2.13. The summed E-state index contributed by atoms with van der Waals surface area (Å²) in [5.74, 6) is 0.0523. The van der Waals surface area contributed by atoms with Crippen LogP contribution < -0.4 is 10.6 Å². The number of nitrogens with zero attached hydrogens (tertiary/aromatic N) is 2. The van der Waals surface area contributed by atoms with Gasteiger partial charge >= 0.3 is 0 Å². The Morgan fingerprint density at radius 2 is 1.83 bits per heavy atom. The van der Waals surface area contributed by atoms with E-state index in [-0.39, 0.29) is 17.6 Å². The molecule has 0 aliphatic carbocycles. The Labute approximate surface area is 179 Å². The largest absolute Gasteiger partial charge is 0.326 e. The smallest absolute Gasteiger partial charge is 0.236 e. The minimum atomic E-state index is -0.115. The SMILES string of the molecule is CC(=O)Nc1ccc(-c2csc(NC(=O)CSc3nc4ccccc4s3)n2)cc1. The molecule has 0 saturated heterocycles. The molecule has 146 valence electrons. The van der Waals surface area contributed by atoms with Crippen molar-refractivity contribution in [1.29, 1.82) is 0 Å². The number of nitrogens with one attached hydrogen (secondary N) is 2. The number of thiazole rings is 2. The quantitative estimate of drug-likeness (QED) is 0.407. The standard InChI is InChI=1S/C20H16N4O2S3/c1-12(25)21-14-8-6-13(7-9-14)16-10-27-19(22-16)24-18(26)11-28-20-23-15-4-2-3-5-17(15)29-20/h2-10H,11H2,1H3,(H,21,25)(H,22,24,26). The fourth-order valence-electron chi connectivity index (χ4n) is 2.59. The molecule has 2 N–H and O–H groups in total. The van der Waals surface area contributed by atoms with Crippen molar-refractivity contribution in [2.75, 3.05) is 16.4 Å². The van der Waals surface area contributed by atoms with Gasteiger partial charge in [-0.1, -0.05) is 36.0 Å². The van der Waals surface area contributed by atoms with E-state index in [2.05, 4.69) is 20.6 Å². The van der Waals surface area contributed by atoms with Gasteiger partial charge in [-0.3, -0.25) is 9.59 Å². The molecule has 2 amide bonds. The van der Waals surface area contributed by atoms with Crippen molar-refractivity contribution in [3.63, 3.8) is 0 Å². The van der Waals surface area contributed by atoms with E-state index in [0.29, 0.717) is 5.13 Å². The van der Waals surface area contributed by atoms with Crippen LogP contribution in [0.4, 0.5) is 10.8 Å². The zero-order valence-electron chi connectivity index (χ0n) is 15.3. The molecule has 4 rings (SSSR count). The first kappa shape index (κ1) is 19.6. The number of carbonyl (C=O) groups excluding carboxylic acids is 2. The average molecular weight is 441 g/mol. The molecule has 2 aromatic carbocycles. The van der Waals surface area contributed by atoms with Crippen molar-refractivity contribution in [1.82, 2.24) is 9.97 Å². The first-order valence-corrected chi connectivity index (χ1v) is 11.4. The second kappa shape index (κ2) is 8.73. The van der Waals surface area contributed by atoms with Crippen LogP contribution in [0.25, 0.3) is 21.5 Å². The normalized spacial score (nSPS) is 10.8. The highest BCUT2D eigenvalue weighted by molar-refractivity contribution is 8.01. The molecule has 0 unspecified atom stereocenters. The van der Waals surface area contributed by atoms with E-state index in [1.54, 1.807) is 11.3 Å². The summed E-state index contributed by atoms with van der Waals surface area (Å²) in [4.78, 5) is 32.4. The third-order valence-corrected chi connectivity index (χ3v) is 6.79. The predicted octanol–water partition coefficient (Wildman–Crippen LogP) is 5.11. The van der Waals surface area contributed by atoms with Crippen molar-refractivity contribution < 1.29 is 9.59 Å². The molecule has 0 bridgehead atoms. The fraction of sp³-hybridized carbons (Fsp3) is 0.100. The van der Waals surface area contributed by atoms with Gasteiger partial charge in [0.1, 0.15) is 0 Å². The minimum Gasteiger partial charge on any atom is -0.326 e. The molecule has 0 fully saturated rings. The van der Waals surface area contributed by atoms with Gasteiger partial charge in [0.25, 0.3) is 0 Å². The molecule has 0 aliphatic rings. The molecule has 0 radical (unpaired) electrons. The van der Waals surface area contributed by atoms with E-state index in [9.17, 15) is 9.59 Å². The monoisotopic (exact) mass is 440 g/mol. The number of amides is 2. The number of aromatic nitrogens is 2. The summed E-state index contributed by atoms with van der Waals surface area (Å²) < 4.78 is 1.99. The van der Waals surface area contributed by atoms with Crippen LogP contribution in [-0.4, -0.2) is 27.5 Å². The van der Waals surface area contributed by atoms with Crippen LogP contribution >= 0.6 is 34.4 Å². The van der Waals surface area contributed by atoms with Crippen LogP contribution in [0.15, 0.2) is 58.3 Å². The number of benzene rings is 2. The van der Waals surface area contributed by atoms with Crippen LogP contribution in [0.3, 0.4) is 0 Å². The summed E-state index contributed by atoms with van der Waals surface area (Å²) in [6.07, 6.45) is 0. The predicted molar refractivity (Wildman–Crippen MR) is 121 cm³/mol. The zero-order chi connectivity index (χ0) is 20.2. The Balaban J connectivity index is 1.34. The zero-order valence-corrected chi connectivity index (χ0v) is 17.8. The Bertz CT molecular complexity index is 1130. The van der Waals surface area contributed by atoms with Crippen LogP contribution in [0.1, 0.15) is 6.92 Å². The topological polar surface area (TPSA) is 84.0 Å². The van der Waals surface area contributed by atoms with Gasteiger partial charge in [-0.25, -0.2) is 9.97 Å². The fourth-order valence-corrected chi connectivity index (χ4v) is 5.19. The van der Waals surface area contributed by atoms with Gasteiger partial charge < -0.3 is 10.6 Å². The van der Waals surface area contributed by atoms with Gasteiger partial charge in [-0.2, -0.15) is 0 Å². The number of rotatable bonds is 6. The van der Waals surface area contributed by atoms with Gasteiger partial charge in [0, 0.05) is 23.6 Å². The molecule has 0 atom stereocenters. The molecule has 0 spiro atoms. The number of anilines is 2. The maximum absolute atomic E-state index is 12.3. The summed E-state index contributed by atoms with van der Waals surface area (Å²) in [5.41, 5.74) is 3.38. The van der Waals surface area contributed by atoms with E-state index < -0.39 is 0 Å². The number of hydrogen-bond acceptors (Lipinski definition) is 7. The Hall–Kier alpha value is -2.75. The second-order valence-electron chi connectivity index (χ2n) is 6.08. The van der Waals surface area contributed by atoms with Gasteiger partial charge in [-0.15, -0.1) is 22.7 Å². The van der Waals surface area contributed by atoms with Crippen molar-refractivity contribution in [3.05, 3.63) is 53.9 Å². The van der Waals surface area contributed by atoms with Crippen LogP contribution in [0.2, 0.25) is 0 Å². The van der Waals surface area contributed by atoms with Crippen molar-refractivity contribution >= 4 is 67.3 Å². The molecule has 2 aromatic heterocycles. The molecule has 2 heterocycles. The molecule has 0 saturated carbocycles. The second-order valence-corrected chi connectivity index (χ2v) is 9.19. The highest BCUT2D eigenvalue weighted by Crippen LogP contribution is 2.30. The Morgan fingerprint density at radius 1 is 1.03 bits per heavy atom. The number of thioether (sulfide) groups is 1. The third-order valence-electron chi connectivity index (χ3n) is 3.85. The van der Waals surface area contributed by atoms with E-state index in [1.807, 2.05) is 53.9 Å². The molecule has 6 nitrogen and oxygen atoms in total. The minimum absolute atomic E-state index is 0.111. The van der Waals surface area contributed by atoms with Gasteiger partial charge in [0.2, 0.25) is 11.8 Å². The molecule has 9 heteroatoms. The lowest BCUT2D eigenvalue weighted by molar-refractivity contribution is -0.114. The number of hydrogen-bond donors (Lipinski definition) is 2. The number of fused-ring (bicyclic) bond motifs is 1. The first-order chi connectivity index (χ1) is 14.1. The summed E-state index contributed by atoms with van der Waals surface area (Å²) >= 11 is 4.38. The number of carbonyl (C=O) groups is 2. The van der Waals surface area contributed by atoms with E-state index >= 15 is 0 Å². The van der Waals surface area contributed by atoms with Gasteiger partial charge in [-0.05, 0) is 24.3 Å². The summed E-state index contributed by atoms with van der Waals surface area (Å²) in [7, 11) is 0. The van der Waals surface area contributed by atoms with Gasteiger partial charge in [0.15, 0.2) is 9.47 Å². The lowest BCUT2D eigenvalue weighted by Gasteiger charge is -2.03. The highest BCUT2D eigenvalue weighted by atomic mass is 32.2. The summed E-state index contributed by atoms with van der Waals surface area (Å²) in [5, 5.41) is 8.02. The number of para-hydroxylation sites is 1. The van der Waals surface area contributed by atoms with Crippen LogP contribution in [-0.2, 0) is 9.59 Å². The lowest BCUT2D eigenvalue weighted by atomic mass is 10.1. The third kappa shape index (κ3) is 5.00. The first-order valence-electron chi connectivity index (χ1n) is 8.68. The van der Waals surface area contributed by atoms with Gasteiger partial charge in [0.05, 0.1) is 21.7 Å². The van der Waals surface area contributed by atoms with Crippen LogP contribution in [0, 0.1) is 0 Å². The highest BCUT2D eigenvalue weighted by Gasteiger charge is 2.11. The summed E-state index contributed by atoms with van der Waals surface area (Å²) in [6.45, 7) is 1.47.